The summed E-state index contributed by atoms with van der Waals surface area (Å²) in [7, 11) is 4.55. The molecule has 0 spiro atoms. The molecule has 27 heavy (non-hydrogen) atoms. The van der Waals surface area contributed by atoms with Gasteiger partial charge in [0.25, 0.3) is 5.91 Å². The largest absolute Gasteiger partial charge is 0.496 e. The number of hydrogen-bond acceptors (Lipinski definition) is 4. The number of carbonyl (C=O) groups excluding carboxylic acids is 2. The molecule has 6 nitrogen and oxygen atoms in total. The van der Waals surface area contributed by atoms with Gasteiger partial charge in [-0.3, -0.25) is 9.59 Å². The average molecular weight is 411 g/mol. The first-order valence-corrected chi connectivity index (χ1v) is 8.76. The lowest BCUT2D eigenvalue weighted by Crippen LogP contribution is -2.35. The molecule has 0 atom stereocenters. The van der Waals surface area contributed by atoms with Crippen molar-refractivity contribution in [2.75, 3.05) is 33.1 Å². The Labute approximate surface area is 168 Å². The molecule has 0 saturated heterocycles. The lowest BCUT2D eigenvalue weighted by molar-refractivity contribution is -0.116. The topological polar surface area (TPSA) is 67.9 Å². The third-order valence-corrected chi connectivity index (χ3v) is 4.58. The molecule has 0 heterocycles. The predicted octanol–water partition coefficient (Wildman–Crippen LogP) is 4.03. The number of anilines is 1. The summed E-state index contributed by atoms with van der Waals surface area (Å²) in [4.78, 5) is 26.3. The number of ether oxygens (including phenoxy) is 2. The van der Waals surface area contributed by atoms with Crippen molar-refractivity contribution in [2.45, 2.75) is 6.92 Å². The van der Waals surface area contributed by atoms with Gasteiger partial charge in [-0.05, 0) is 31.2 Å². The summed E-state index contributed by atoms with van der Waals surface area (Å²) in [5.41, 5.74) is 1.44. The zero-order valence-corrected chi connectivity index (χ0v) is 16.9. The number of hydrogen-bond donors (Lipinski definition) is 1. The van der Waals surface area contributed by atoms with E-state index in [4.69, 9.17) is 32.7 Å². The SMILES string of the molecule is COc1cc(C(=O)N(C)CC(=O)Nc2c(Cl)cccc2Cl)cc(OC)c1C. The van der Waals surface area contributed by atoms with Crippen LogP contribution in [0.15, 0.2) is 30.3 Å². The number of likely N-dealkylation sites (N-methyl/N-ethyl adjacent to an activating group) is 1. The first-order chi connectivity index (χ1) is 12.8. The van der Waals surface area contributed by atoms with E-state index in [1.807, 2.05) is 6.92 Å². The van der Waals surface area contributed by atoms with Crippen molar-refractivity contribution in [3.8, 4) is 11.5 Å². The number of methoxy groups -OCH3 is 2. The van der Waals surface area contributed by atoms with Crippen molar-refractivity contribution in [3.63, 3.8) is 0 Å². The van der Waals surface area contributed by atoms with E-state index >= 15 is 0 Å². The quantitative estimate of drug-likeness (QED) is 0.780. The average Bonchev–Trinajstić information content (AvgIpc) is 2.64. The number of halogens is 2. The Hall–Kier alpha value is -2.44. The van der Waals surface area contributed by atoms with Gasteiger partial charge in [-0.2, -0.15) is 0 Å². The zero-order valence-electron chi connectivity index (χ0n) is 15.4. The van der Waals surface area contributed by atoms with Gasteiger partial charge in [0.1, 0.15) is 11.5 Å². The number of nitrogens with zero attached hydrogens (tertiary/aromatic N) is 1. The highest BCUT2D eigenvalue weighted by atomic mass is 35.5. The normalized spacial score (nSPS) is 10.3. The number of para-hydroxylation sites is 1. The van der Waals surface area contributed by atoms with Crippen molar-refractivity contribution >= 4 is 40.7 Å². The van der Waals surface area contributed by atoms with Gasteiger partial charge >= 0.3 is 0 Å². The molecule has 2 rings (SSSR count). The van der Waals surface area contributed by atoms with Crippen molar-refractivity contribution in [2.24, 2.45) is 0 Å². The molecule has 0 bridgehead atoms. The van der Waals surface area contributed by atoms with Crippen LogP contribution in [0.3, 0.4) is 0 Å². The Bertz CT molecular complexity index is 826. The second-order valence-electron chi connectivity index (χ2n) is 5.81. The molecule has 0 fully saturated rings. The molecule has 1 N–H and O–H groups in total. The minimum absolute atomic E-state index is 0.182. The van der Waals surface area contributed by atoms with Crippen LogP contribution in [0.5, 0.6) is 11.5 Å². The minimum Gasteiger partial charge on any atom is -0.496 e. The van der Waals surface area contributed by atoms with Crippen LogP contribution >= 0.6 is 23.2 Å². The van der Waals surface area contributed by atoms with Gasteiger partial charge in [-0.25, -0.2) is 0 Å². The van der Waals surface area contributed by atoms with E-state index in [1.165, 1.54) is 26.2 Å². The van der Waals surface area contributed by atoms with Crippen LogP contribution in [0.2, 0.25) is 10.0 Å². The van der Waals surface area contributed by atoms with Gasteiger partial charge in [0, 0.05) is 18.2 Å². The van der Waals surface area contributed by atoms with E-state index in [-0.39, 0.29) is 12.5 Å². The smallest absolute Gasteiger partial charge is 0.254 e. The van der Waals surface area contributed by atoms with Crippen LogP contribution in [0, 0.1) is 6.92 Å². The second kappa shape index (κ2) is 8.97. The zero-order chi connectivity index (χ0) is 20.1. The molecule has 0 aliphatic carbocycles. The summed E-state index contributed by atoms with van der Waals surface area (Å²) >= 11 is 12.1. The standard InChI is InChI=1S/C19H20Cl2N2O4/c1-11-15(26-3)8-12(9-16(11)27-4)19(25)23(2)10-17(24)22-18-13(20)6-5-7-14(18)21/h5-9H,10H2,1-4H3,(H,22,24). The Morgan fingerprint density at radius 3 is 2.07 bits per heavy atom. The molecule has 0 radical (unpaired) electrons. The third-order valence-electron chi connectivity index (χ3n) is 3.95. The van der Waals surface area contributed by atoms with Crippen molar-refractivity contribution < 1.29 is 19.1 Å². The van der Waals surface area contributed by atoms with Gasteiger partial charge < -0.3 is 19.7 Å². The second-order valence-corrected chi connectivity index (χ2v) is 6.63. The molecule has 2 aromatic carbocycles. The fourth-order valence-electron chi connectivity index (χ4n) is 2.51. The highest BCUT2D eigenvalue weighted by molar-refractivity contribution is 6.39. The van der Waals surface area contributed by atoms with Crippen LogP contribution < -0.4 is 14.8 Å². The maximum atomic E-state index is 12.7. The molecule has 2 aromatic rings. The monoisotopic (exact) mass is 410 g/mol. The molecule has 0 unspecified atom stereocenters. The minimum atomic E-state index is -0.424. The van der Waals surface area contributed by atoms with E-state index in [1.54, 1.807) is 30.3 Å². The van der Waals surface area contributed by atoms with Crippen LogP contribution in [-0.4, -0.2) is 44.5 Å². The van der Waals surface area contributed by atoms with Crippen LogP contribution in [0.1, 0.15) is 15.9 Å². The first kappa shape index (κ1) is 20.9. The summed E-state index contributed by atoms with van der Waals surface area (Å²) in [6, 6.07) is 8.12. The summed E-state index contributed by atoms with van der Waals surface area (Å²) < 4.78 is 10.6. The number of carbonyl (C=O) groups is 2. The van der Waals surface area contributed by atoms with Crippen LogP contribution in [0.4, 0.5) is 5.69 Å². The Morgan fingerprint density at radius 2 is 1.59 bits per heavy atom. The Balaban J connectivity index is 2.15. The molecular weight excluding hydrogens is 391 g/mol. The van der Waals surface area contributed by atoms with Crippen LogP contribution in [0.25, 0.3) is 0 Å². The Morgan fingerprint density at radius 1 is 1.07 bits per heavy atom. The van der Waals surface area contributed by atoms with Gasteiger partial charge in [0.2, 0.25) is 5.91 Å². The van der Waals surface area contributed by atoms with Gasteiger partial charge in [-0.1, -0.05) is 29.3 Å². The summed E-state index contributed by atoms with van der Waals surface area (Å²) in [6.45, 7) is 1.65. The molecule has 2 amide bonds. The molecular formula is C19H20Cl2N2O4. The van der Waals surface area contributed by atoms with E-state index < -0.39 is 5.91 Å². The molecule has 0 aliphatic rings. The summed E-state index contributed by atoms with van der Waals surface area (Å²) in [5, 5.41) is 3.26. The van der Waals surface area contributed by atoms with Gasteiger partial charge in [0.15, 0.2) is 0 Å². The van der Waals surface area contributed by atoms with Crippen LogP contribution in [-0.2, 0) is 4.79 Å². The molecule has 0 aliphatic heterocycles. The first-order valence-electron chi connectivity index (χ1n) is 8.00. The maximum absolute atomic E-state index is 12.7. The van der Waals surface area contributed by atoms with E-state index in [0.717, 1.165) is 5.56 Å². The van der Waals surface area contributed by atoms with E-state index in [2.05, 4.69) is 5.32 Å². The molecule has 8 heteroatoms. The highest BCUT2D eigenvalue weighted by Crippen LogP contribution is 2.31. The predicted molar refractivity (Wildman–Crippen MR) is 106 cm³/mol. The summed E-state index contributed by atoms with van der Waals surface area (Å²) in [5.74, 6) is 0.274. The van der Waals surface area contributed by atoms with Crippen molar-refractivity contribution in [1.29, 1.82) is 0 Å². The van der Waals surface area contributed by atoms with E-state index in [0.29, 0.717) is 32.8 Å². The number of benzene rings is 2. The van der Waals surface area contributed by atoms with Crippen molar-refractivity contribution in [1.82, 2.24) is 4.90 Å². The molecule has 144 valence electrons. The van der Waals surface area contributed by atoms with Gasteiger partial charge in [-0.15, -0.1) is 0 Å². The summed E-state index contributed by atoms with van der Waals surface area (Å²) in [6.07, 6.45) is 0. The number of nitrogens with one attached hydrogen (secondary N) is 1. The lowest BCUT2D eigenvalue weighted by atomic mass is 10.1. The lowest BCUT2D eigenvalue weighted by Gasteiger charge is -2.19. The fourth-order valence-corrected chi connectivity index (χ4v) is 3.01. The molecule has 0 saturated carbocycles. The van der Waals surface area contributed by atoms with Crippen molar-refractivity contribution in [3.05, 3.63) is 51.5 Å². The number of amides is 2. The maximum Gasteiger partial charge on any atom is 0.254 e. The number of rotatable bonds is 6. The van der Waals surface area contributed by atoms with E-state index in [9.17, 15) is 9.59 Å². The highest BCUT2D eigenvalue weighted by Gasteiger charge is 2.19. The fraction of sp³-hybridized carbons (Fsp3) is 0.263. The van der Waals surface area contributed by atoms with Gasteiger partial charge in [0.05, 0.1) is 36.5 Å². The Kier molecular flexibility index (Phi) is 6.93. The molecule has 0 aromatic heterocycles. The third kappa shape index (κ3) is 4.84.